The number of nitrogens with one attached hydrogen (secondary N) is 1. The van der Waals surface area contributed by atoms with E-state index in [1.54, 1.807) is 19.9 Å². The largest absolute Gasteiger partial charge is 0.504 e. The molecule has 0 saturated carbocycles. The summed E-state index contributed by atoms with van der Waals surface area (Å²) in [6, 6.07) is 3.21. The molecule has 7 heteroatoms. The minimum Gasteiger partial charge on any atom is -0.504 e. The quantitative estimate of drug-likeness (QED) is 0.710. The molecule has 1 aliphatic heterocycles. The summed E-state index contributed by atoms with van der Waals surface area (Å²) in [6.07, 6.45) is 1.05. The number of Topliss-reactive ketones (excluding diaryl/α,β-unsaturated/α-hetero) is 1. The highest BCUT2D eigenvalue weighted by molar-refractivity contribution is 6.04. The number of phenols is 1. The fourth-order valence-electron chi connectivity index (χ4n) is 4.38. The summed E-state index contributed by atoms with van der Waals surface area (Å²) in [7, 11) is 2.90. The molecular formula is C23H29NO6. The van der Waals surface area contributed by atoms with E-state index in [9.17, 15) is 14.7 Å². The van der Waals surface area contributed by atoms with Crippen LogP contribution in [0.25, 0.3) is 0 Å². The summed E-state index contributed by atoms with van der Waals surface area (Å²) >= 11 is 0. The number of carbonyl (C=O) groups is 2. The van der Waals surface area contributed by atoms with Crippen molar-refractivity contribution in [1.82, 2.24) is 5.32 Å². The van der Waals surface area contributed by atoms with Gasteiger partial charge in [-0.1, -0.05) is 13.8 Å². The average Bonchev–Trinajstić information content (AvgIpc) is 2.65. The predicted octanol–water partition coefficient (Wildman–Crippen LogP) is 3.58. The first kappa shape index (κ1) is 21.7. The first-order chi connectivity index (χ1) is 14.1. The van der Waals surface area contributed by atoms with Gasteiger partial charge in [0.25, 0.3) is 0 Å². The normalized spacial score (nSPS) is 20.5. The molecule has 0 aromatic heterocycles. The average molecular weight is 415 g/mol. The van der Waals surface area contributed by atoms with E-state index >= 15 is 0 Å². The van der Waals surface area contributed by atoms with Crippen molar-refractivity contribution < 1.29 is 28.9 Å². The van der Waals surface area contributed by atoms with Crippen LogP contribution in [-0.2, 0) is 14.3 Å². The van der Waals surface area contributed by atoms with Crippen LogP contribution in [0.15, 0.2) is 34.7 Å². The molecule has 7 nitrogen and oxygen atoms in total. The van der Waals surface area contributed by atoms with E-state index in [1.807, 2.05) is 13.8 Å². The van der Waals surface area contributed by atoms with Crippen molar-refractivity contribution in [3.8, 4) is 17.2 Å². The summed E-state index contributed by atoms with van der Waals surface area (Å²) < 4.78 is 15.9. The Morgan fingerprint density at radius 2 is 1.93 bits per heavy atom. The Balaban J connectivity index is 2.25. The molecule has 0 bridgehead atoms. The van der Waals surface area contributed by atoms with Crippen molar-refractivity contribution in [2.24, 2.45) is 5.41 Å². The zero-order valence-electron chi connectivity index (χ0n) is 18.3. The molecule has 1 atom stereocenters. The number of hydrogen-bond donors (Lipinski definition) is 2. The van der Waals surface area contributed by atoms with Crippen LogP contribution in [0.4, 0.5) is 0 Å². The number of esters is 1. The van der Waals surface area contributed by atoms with Crippen molar-refractivity contribution >= 4 is 11.8 Å². The number of ketones is 1. The number of ether oxygens (including phenoxy) is 3. The maximum absolute atomic E-state index is 13.2. The zero-order chi connectivity index (χ0) is 22.2. The van der Waals surface area contributed by atoms with Gasteiger partial charge in [0.2, 0.25) is 5.75 Å². The predicted molar refractivity (Wildman–Crippen MR) is 111 cm³/mol. The molecule has 2 N–H and O–H groups in total. The maximum Gasteiger partial charge on any atom is 0.336 e. The molecule has 162 valence electrons. The molecule has 0 fully saturated rings. The molecule has 0 unspecified atom stereocenters. The minimum absolute atomic E-state index is 0.0256. The standard InChI is InChI=1S/C23H29NO6/c1-7-30-22(27)18-12(2)24-14-10-23(3,4)11-16(26)20(14)19(18)13-8-15(25)21(29-6)17(9-13)28-5/h8-9,19,24-25H,7,10-11H2,1-6H3/t19-/m0/s1. The molecule has 1 heterocycles. The Bertz CT molecular complexity index is 957. The second-order valence-corrected chi connectivity index (χ2v) is 8.43. The van der Waals surface area contributed by atoms with Crippen molar-refractivity contribution in [2.45, 2.75) is 46.5 Å². The van der Waals surface area contributed by atoms with Gasteiger partial charge in [-0.3, -0.25) is 4.79 Å². The van der Waals surface area contributed by atoms with Crippen LogP contribution >= 0.6 is 0 Å². The summed E-state index contributed by atoms with van der Waals surface area (Å²) in [5.74, 6) is -0.809. The van der Waals surface area contributed by atoms with E-state index < -0.39 is 11.9 Å². The molecule has 1 aliphatic carbocycles. The van der Waals surface area contributed by atoms with E-state index in [0.717, 1.165) is 5.70 Å². The molecule has 1 aromatic carbocycles. The SMILES string of the molecule is CCOC(=O)C1=C(C)NC2=C(C(=O)CC(C)(C)C2)[C@H]1c1cc(O)c(OC)c(OC)c1. The van der Waals surface area contributed by atoms with Gasteiger partial charge in [-0.05, 0) is 43.4 Å². The molecule has 0 spiro atoms. The molecule has 1 aromatic rings. The lowest BCUT2D eigenvalue weighted by Crippen LogP contribution is -2.38. The Kier molecular flexibility index (Phi) is 5.83. The van der Waals surface area contributed by atoms with Gasteiger partial charge in [-0.2, -0.15) is 0 Å². The van der Waals surface area contributed by atoms with E-state index in [0.29, 0.717) is 41.0 Å². The highest BCUT2D eigenvalue weighted by Crippen LogP contribution is 2.49. The molecule has 30 heavy (non-hydrogen) atoms. The van der Waals surface area contributed by atoms with Crippen LogP contribution in [0, 0.1) is 5.41 Å². The second kappa shape index (κ2) is 8.05. The van der Waals surface area contributed by atoms with Crippen LogP contribution in [0.3, 0.4) is 0 Å². The summed E-state index contributed by atoms with van der Waals surface area (Å²) in [5.41, 5.74) is 2.71. The van der Waals surface area contributed by atoms with Crippen molar-refractivity contribution in [3.63, 3.8) is 0 Å². The third-order valence-electron chi connectivity index (χ3n) is 5.55. The topological polar surface area (TPSA) is 94.1 Å². The van der Waals surface area contributed by atoms with Gasteiger partial charge in [0.1, 0.15) is 0 Å². The Labute approximate surface area is 176 Å². The van der Waals surface area contributed by atoms with Gasteiger partial charge in [-0.15, -0.1) is 0 Å². The summed E-state index contributed by atoms with van der Waals surface area (Å²) in [6.45, 7) is 7.85. The van der Waals surface area contributed by atoms with Crippen LogP contribution in [0.5, 0.6) is 17.2 Å². The number of hydrogen-bond acceptors (Lipinski definition) is 7. The summed E-state index contributed by atoms with van der Waals surface area (Å²) in [4.78, 5) is 26.1. The van der Waals surface area contributed by atoms with Gasteiger partial charge in [0, 0.05) is 29.3 Å². The van der Waals surface area contributed by atoms with Crippen molar-refractivity contribution in [3.05, 3.63) is 40.2 Å². The number of rotatable bonds is 5. The van der Waals surface area contributed by atoms with E-state index in [4.69, 9.17) is 14.2 Å². The number of phenolic OH excluding ortho intramolecular Hbond substituents is 1. The van der Waals surface area contributed by atoms with Crippen molar-refractivity contribution in [1.29, 1.82) is 0 Å². The number of allylic oxidation sites excluding steroid dienone is 3. The van der Waals surface area contributed by atoms with Crippen LogP contribution in [-0.4, -0.2) is 37.7 Å². The van der Waals surface area contributed by atoms with Crippen molar-refractivity contribution in [2.75, 3.05) is 20.8 Å². The third kappa shape index (κ3) is 3.76. The lowest BCUT2D eigenvalue weighted by Gasteiger charge is -2.39. The molecular weight excluding hydrogens is 386 g/mol. The Hall–Kier alpha value is -2.96. The van der Waals surface area contributed by atoms with Gasteiger partial charge in [0.15, 0.2) is 17.3 Å². The highest BCUT2D eigenvalue weighted by Gasteiger charge is 2.43. The number of dihydropyridines is 1. The van der Waals surface area contributed by atoms with Gasteiger partial charge in [-0.25, -0.2) is 4.79 Å². The summed E-state index contributed by atoms with van der Waals surface area (Å²) in [5, 5.41) is 13.8. The van der Waals surface area contributed by atoms with Gasteiger partial charge in [0.05, 0.1) is 26.4 Å². The number of carbonyl (C=O) groups excluding carboxylic acids is 2. The fraction of sp³-hybridized carbons (Fsp3) is 0.478. The molecule has 0 radical (unpaired) electrons. The minimum atomic E-state index is -0.672. The maximum atomic E-state index is 13.2. The zero-order valence-corrected chi connectivity index (χ0v) is 18.3. The number of benzene rings is 1. The lowest BCUT2D eigenvalue weighted by molar-refractivity contribution is -0.138. The molecule has 0 saturated heterocycles. The Morgan fingerprint density at radius 3 is 2.53 bits per heavy atom. The first-order valence-corrected chi connectivity index (χ1v) is 9.99. The molecule has 2 aliphatic rings. The van der Waals surface area contributed by atoms with Gasteiger partial charge >= 0.3 is 5.97 Å². The second-order valence-electron chi connectivity index (χ2n) is 8.43. The van der Waals surface area contributed by atoms with Gasteiger partial charge < -0.3 is 24.6 Å². The molecule has 3 rings (SSSR count). The smallest absolute Gasteiger partial charge is 0.336 e. The van der Waals surface area contributed by atoms with Crippen LogP contribution in [0.2, 0.25) is 0 Å². The highest BCUT2D eigenvalue weighted by atomic mass is 16.5. The van der Waals surface area contributed by atoms with Crippen LogP contribution in [0.1, 0.15) is 52.0 Å². The van der Waals surface area contributed by atoms with E-state index in [-0.39, 0.29) is 29.3 Å². The number of aromatic hydroxyl groups is 1. The lowest BCUT2D eigenvalue weighted by atomic mass is 9.68. The first-order valence-electron chi connectivity index (χ1n) is 9.99. The van der Waals surface area contributed by atoms with Crippen LogP contribution < -0.4 is 14.8 Å². The monoisotopic (exact) mass is 415 g/mol. The third-order valence-corrected chi connectivity index (χ3v) is 5.55. The Morgan fingerprint density at radius 1 is 1.23 bits per heavy atom. The number of methoxy groups -OCH3 is 2. The molecule has 0 amide bonds. The van der Waals surface area contributed by atoms with E-state index in [1.165, 1.54) is 20.3 Å². The van der Waals surface area contributed by atoms with E-state index in [2.05, 4.69) is 5.32 Å². The fourth-order valence-corrected chi connectivity index (χ4v) is 4.38.